The molecule has 1 heterocycles. The van der Waals surface area contributed by atoms with Gasteiger partial charge >= 0.3 is 0 Å². The van der Waals surface area contributed by atoms with E-state index >= 15 is 0 Å². The van der Waals surface area contributed by atoms with Crippen molar-refractivity contribution in [3.8, 4) is 5.75 Å². The van der Waals surface area contributed by atoms with Gasteiger partial charge in [-0.3, -0.25) is 0 Å². The Bertz CT molecular complexity index is 428. The lowest BCUT2D eigenvalue weighted by Gasteiger charge is -2.19. The summed E-state index contributed by atoms with van der Waals surface area (Å²) in [5.74, 6) is -0.0564. The molecule has 0 spiro atoms. The summed E-state index contributed by atoms with van der Waals surface area (Å²) in [6, 6.07) is 3.20. The minimum atomic E-state index is -0.517. The first-order valence-corrected chi connectivity index (χ1v) is 6.53. The molecule has 1 aliphatic rings. The first-order valence-electron chi connectivity index (χ1n) is 6.15. The second kappa shape index (κ2) is 5.76. The predicted octanol–water partition coefficient (Wildman–Crippen LogP) is 2.92. The zero-order chi connectivity index (χ0) is 13.1. The van der Waals surface area contributed by atoms with Crippen LogP contribution in [-0.4, -0.2) is 31.1 Å². The van der Waals surface area contributed by atoms with Crippen LogP contribution in [0, 0.1) is 5.82 Å². The second-order valence-electron chi connectivity index (χ2n) is 4.72. The number of nitrogens with zero attached hydrogens (tertiary/aromatic N) is 1. The minimum absolute atomic E-state index is 0.0391. The molecule has 0 aromatic heterocycles. The number of hydrogen-bond donors (Lipinski definition) is 1. The summed E-state index contributed by atoms with van der Waals surface area (Å²) in [6.45, 7) is 1.72. The summed E-state index contributed by atoms with van der Waals surface area (Å²) < 4.78 is 18.7. The van der Waals surface area contributed by atoms with Crippen molar-refractivity contribution in [2.75, 3.05) is 25.9 Å². The summed E-state index contributed by atoms with van der Waals surface area (Å²) in [5, 5.41) is 0.0391. The van der Waals surface area contributed by atoms with Gasteiger partial charge in [0.1, 0.15) is 11.6 Å². The van der Waals surface area contributed by atoms with Crippen molar-refractivity contribution in [2.24, 2.45) is 0 Å². The van der Waals surface area contributed by atoms with Gasteiger partial charge in [0.25, 0.3) is 0 Å². The molecule has 3 nitrogen and oxygen atoms in total. The van der Waals surface area contributed by atoms with Crippen molar-refractivity contribution < 1.29 is 9.13 Å². The van der Waals surface area contributed by atoms with Crippen LogP contribution >= 0.6 is 11.6 Å². The van der Waals surface area contributed by atoms with Crippen LogP contribution in [0.3, 0.4) is 0 Å². The molecule has 1 aromatic carbocycles. The molecule has 1 atom stereocenters. The van der Waals surface area contributed by atoms with E-state index in [0.717, 1.165) is 13.0 Å². The molecule has 1 saturated heterocycles. The predicted molar refractivity (Wildman–Crippen MR) is 71.6 cm³/mol. The average Bonchev–Trinajstić information content (AvgIpc) is 2.72. The number of halogens is 2. The van der Waals surface area contributed by atoms with Crippen molar-refractivity contribution >= 4 is 17.3 Å². The Morgan fingerprint density at radius 1 is 1.56 bits per heavy atom. The number of nitrogen functional groups attached to an aromatic ring is 1. The summed E-state index contributed by atoms with van der Waals surface area (Å²) in [4.78, 5) is 2.34. The molecule has 100 valence electrons. The molecular weight excluding hydrogens is 255 g/mol. The monoisotopic (exact) mass is 272 g/mol. The number of hydrogen-bond acceptors (Lipinski definition) is 3. The fourth-order valence-corrected chi connectivity index (χ4v) is 2.47. The normalized spacial score (nSPS) is 20.3. The lowest BCUT2D eigenvalue weighted by atomic mass is 10.1. The Kier molecular flexibility index (Phi) is 4.30. The highest BCUT2D eigenvalue weighted by molar-refractivity contribution is 6.31. The van der Waals surface area contributed by atoms with Crippen LogP contribution in [-0.2, 0) is 0 Å². The first-order chi connectivity index (χ1) is 8.58. The average molecular weight is 273 g/mol. The molecule has 0 radical (unpaired) electrons. The highest BCUT2D eigenvalue weighted by Gasteiger charge is 2.20. The van der Waals surface area contributed by atoms with Gasteiger partial charge in [-0.05, 0) is 32.9 Å². The molecule has 5 heteroatoms. The standard InChI is InChI=1S/C13H18ClFN2O/c1-17-5-2-3-9(17)4-6-18-13-7-10(14)11(15)8-12(13)16/h7-9H,2-6,16H2,1H3. The Morgan fingerprint density at radius 2 is 2.33 bits per heavy atom. The zero-order valence-corrected chi connectivity index (χ0v) is 11.2. The molecule has 1 aliphatic heterocycles. The van der Waals surface area contributed by atoms with Crippen LogP contribution in [0.1, 0.15) is 19.3 Å². The Labute approximate surface area is 112 Å². The number of ether oxygens (including phenoxy) is 1. The van der Waals surface area contributed by atoms with Gasteiger partial charge in [-0.25, -0.2) is 4.39 Å². The molecular formula is C13H18ClFN2O. The van der Waals surface area contributed by atoms with E-state index in [1.807, 2.05) is 0 Å². The van der Waals surface area contributed by atoms with Gasteiger partial charge in [-0.15, -0.1) is 0 Å². The molecule has 1 aromatic rings. The molecule has 2 rings (SSSR count). The highest BCUT2D eigenvalue weighted by Crippen LogP contribution is 2.28. The zero-order valence-electron chi connectivity index (χ0n) is 10.5. The van der Waals surface area contributed by atoms with E-state index in [4.69, 9.17) is 22.1 Å². The Morgan fingerprint density at radius 3 is 3.00 bits per heavy atom. The van der Waals surface area contributed by atoms with Crippen molar-refractivity contribution in [1.82, 2.24) is 4.90 Å². The van der Waals surface area contributed by atoms with Gasteiger partial charge in [-0.1, -0.05) is 11.6 Å². The lowest BCUT2D eigenvalue weighted by molar-refractivity contribution is 0.234. The largest absolute Gasteiger partial charge is 0.491 e. The smallest absolute Gasteiger partial charge is 0.144 e. The molecule has 1 fully saturated rings. The number of rotatable bonds is 4. The van der Waals surface area contributed by atoms with Gasteiger partial charge in [-0.2, -0.15) is 0 Å². The van der Waals surface area contributed by atoms with E-state index in [-0.39, 0.29) is 10.7 Å². The molecule has 0 amide bonds. The minimum Gasteiger partial charge on any atom is -0.491 e. The van der Waals surface area contributed by atoms with Crippen LogP contribution < -0.4 is 10.5 Å². The maximum atomic E-state index is 13.1. The van der Waals surface area contributed by atoms with E-state index in [0.29, 0.717) is 18.4 Å². The van der Waals surface area contributed by atoms with Crippen LogP contribution in [0.15, 0.2) is 12.1 Å². The van der Waals surface area contributed by atoms with E-state index in [1.54, 1.807) is 0 Å². The summed E-state index contributed by atoms with van der Waals surface area (Å²) in [5.41, 5.74) is 5.97. The number of likely N-dealkylation sites (tertiary alicyclic amines) is 1. The second-order valence-corrected chi connectivity index (χ2v) is 5.13. The third-order valence-corrected chi connectivity index (χ3v) is 3.72. The quantitative estimate of drug-likeness (QED) is 0.857. The van der Waals surface area contributed by atoms with Crippen LogP contribution in [0.2, 0.25) is 5.02 Å². The topological polar surface area (TPSA) is 38.5 Å². The third kappa shape index (κ3) is 3.06. The summed E-state index contributed by atoms with van der Waals surface area (Å²) in [7, 11) is 2.13. The fourth-order valence-electron chi connectivity index (χ4n) is 2.32. The highest BCUT2D eigenvalue weighted by atomic mass is 35.5. The van der Waals surface area contributed by atoms with Gasteiger partial charge in [0.05, 0.1) is 17.3 Å². The van der Waals surface area contributed by atoms with Crippen molar-refractivity contribution in [3.63, 3.8) is 0 Å². The Balaban J connectivity index is 1.88. The van der Waals surface area contributed by atoms with Gasteiger partial charge in [0, 0.05) is 18.2 Å². The van der Waals surface area contributed by atoms with Crippen molar-refractivity contribution in [2.45, 2.75) is 25.3 Å². The maximum Gasteiger partial charge on any atom is 0.144 e. The van der Waals surface area contributed by atoms with Gasteiger partial charge in [0.2, 0.25) is 0 Å². The van der Waals surface area contributed by atoms with Crippen molar-refractivity contribution in [1.29, 1.82) is 0 Å². The number of nitrogens with two attached hydrogens (primary N) is 1. The molecule has 0 saturated carbocycles. The number of anilines is 1. The Hall–Kier alpha value is -1.00. The van der Waals surface area contributed by atoms with E-state index in [9.17, 15) is 4.39 Å². The van der Waals surface area contributed by atoms with Crippen LogP contribution in [0.5, 0.6) is 5.75 Å². The first kappa shape index (κ1) is 13.4. The number of benzene rings is 1. The van der Waals surface area contributed by atoms with Crippen LogP contribution in [0.25, 0.3) is 0 Å². The van der Waals surface area contributed by atoms with Crippen LogP contribution in [0.4, 0.5) is 10.1 Å². The SMILES string of the molecule is CN1CCCC1CCOc1cc(Cl)c(F)cc1N. The fraction of sp³-hybridized carbons (Fsp3) is 0.538. The van der Waals surface area contributed by atoms with E-state index in [2.05, 4.69) is 11.9 Å². The summed E-state index contributed by atoms with van der Waals surface area (Å²) in [6.07, 6.45) is 3.40. The molecule has 1 unspecified atom stereocenters. The molecule has 18 heavy (non-hydrogen) atoms. The van der Waals surface area contributed by atoms with Gasteiger partial charge < -0.3 is 15.4 Å². The molecule has 0 bridgehead atoms. The molecule has 2 N–H and O–H groups in total. The lowest BCUT2D eigenvalue weighted by Crippen LogP contribution is -2.26. The van der Waals surface area contributed by atoms with E-state index in [1.165, 1.54) is 25.0 Å². The summed E-state index contributed by atoms with van der Waals surface area (Å²) >= 11 is 5.70. The maximum absolute atomic E-state index is 13.1. The third-order valence-electron chi connectivity index (χ3n) is 3.43. The van der Waals surface area contributed by atoms with E-state index < -0.39 is 5.82 Å². The van der Waals surface area contributed by atoms with Gasteiger partial charge in [0.15, 0.2) is 0 Å². The molecule has 0 aliphatic carbocycles. The van der Waals surface area contributed by atoms with Crippen molar-refractivity contribution in [3.05, 3.63) is 23.0 Å².